The number of imide groups is 1. The van der Waals surface area contributed by atoms with Gasteiger partial charge in [0.1, 0.15) is 11.6 Å². The quantitative estimate of drug-likeness (QED) is 0.0675. The molecule has 0 radical (unpaired) electrons. The van der Waals surface area contributed by atoms with Gasteiger partial charge >= 0.3 is 0 Å². The van der Waals surface area contributed by atoms with Crippen LogP contribution in [0.25, 0.3) is 22.0 Å². The van der Waals surface area contributed by atoms with Crippen molar-refractivity contribution in [1.29, 1.82) is 0 Å². The number of benzene rings is 4. The summed E-state index contributed by atoms with van der Waals surface area (Å²) in [6, 6.07) is 19.2. The Morgan fingerprint density at radius 1 is 1.03 bits per heavy atom. The Balaban J connectivity index is 0.893. The number of primary amides is 1. The lowest BCUT2D eigenvalue weighted by molar-refractivity contribution is -0.134. The van der Waals surface area contributed by atoms with Gasteiger partial charge in [0.15, 0.2) is 17.2 Å². The molecule has 3 aliphatic rings. The summed E-state index contributed by atoms with van der Waals surface area (Å²) in [6.45, 7) is 4.02. The number of nitrogens with zero attached hydrogens (tertiary/aromatic N) is 3. The summed E-state index contributed by atoms with van der Waals surface area (Å²) in [4.78, 5) is 52.2. The van der Waals surface area contributed by atoms with Gasteiger partial charge in [-0.15, -0.1) is 0 Å². The van der Waals surface area contributed by atoms with E-state index >= 15 is 8.78 Å². The monoisotopic (exact) mass is 881 g/mol. The number of likely N-dealkylation sites (tertiary alicyclic amines) is 1. The van der Waals surface area contributed by atoms with Crippen molar-refractivity contribution in [3.8, 4) is 22.6 Å². The largest absolute Gasteiger partial charge is 0.494 e. The number of unbranched alkanes of at least 4 members (excludes halogenated alkanes) is 1. The number of rotatable bonds is 14. The Labute approximate surface area is 368 Å². The van der Waals surface area contributed by atoms with Gasteiger partial charge in [0.2, 0.25) is 23.6 Å². The van der Waals surface area contributed by atoms with Crippen LogP contribution in [0.4, 0.5) is 14.5 Å². The fourth-order valence-corrected chi connectivity index (χ4v) is 9.76. The maximum absolute atomic E-state index is 16.2. The molecule has 4 heterocycles. The molecule has 5 aromatic rings. The number of nitrogens with two attached hydrogens (primary N) is 1. The van der Waals surface area contributed by atoms with E-state index in [4.69, 9.17) is 26.8 Å². The molecule has 16 heteroatoms. The summed E-state index contributed by atoms with van der Waals surface area (Å²) < 4.78 is 45.6. The SMILES string of the molecule is COc1ccc(C(N)=O)c(-c2c(Cl)c(F)cc3c2C(C)C(CNC2CCN(C(=O)CCCCNc4cccc5c(C6CCC(=O)NC6=O)nn(C)c45)CC2)(c2ccccc2)O3)c1F. The fraction of sp³-hybridized carbons (Fsp3) is 0.383. The second-order valence-corrected chi connectivity index (χ2v) is 16.9. The zero-order chi connectivity index (χ0) is 44.6. The van der Waals surface area contributed by atoms with Crippen LogP contribution < -0.4 is 31.2 Å². The van der Waals surface area contributed by atoms with Gasteiger partial charge in [0.25, 0.3) is 0 Å². The number of hydrogen-bond donors (Lipinski definition) is 4. The van der Waals surface area contributed by atoms with Crippen LogP contribution in [0.5, 0.6) is 11.5 Å². The molecule has 4 amide bonds. The molecule has 0 bridgehead atoms. The first-order valence-corrected chi connectivity index (χ1v) is 21.7. The van der Waals surface area contributed by atoms with Crippen molar-refractivity contribution in [2.24, 2.45) is 12.8 Å². The van der Waals surface area contributed by atoms with Crippen LogP contribution in [0.3, 0.4) is 0 Å². The van der Waals surface area contributed by atoms with Crippen LogP contribution in [-0.4, -0.2) is 77.6 Å². The van der Waals surface area contributed by atoms with Gasteiger partial charge in [0, 0.05) is 86.2 Å². The number of anilines is 1. The molecule has 3 atom stereocenters. The summed E-state index contributed by atoms with van der Waals surface area (Å²) >= 11 is 6.66. The molecule has 2 fully saturated rings. The van der Waals surface area contributed by atoms with E-state index in [-0.39, 0.29) is 63.4 Å². The number of carbonyl (C=O) groups is 4. The first-order valence-electron chi connectivity index (χ1n) is 21.3. The van der Waals surface area contributed by atoms with E-state index in [1.807, 2.05) is 67.4 Å². The van der Waals surface area contributed by atoms with Crippen molar-refractivity contribution in [2.75, 3.05) is 38.6 Å². The highest BCUT2D eigenvalue weighted by molar-refractivity contribution is 6.34. The molecule has 13 nitrogen and oxygen atoms in total. The fourth-order valence-electron chi connectivity index (χ4n) is 9.51. The predicted molar refractivity (Wildman–Crippen MR) is 235 cm³/mol. The number of hydrogen-bond acceptors (Lipinski definition) is 9. The van der Waals surface area contributed by atoms with Gasteiger partial charge < -0.3 is 30.7 Å². The van der Waals surface area contributed by atoms with Gasteiger partial charge in [0.05, 0.1) is 40.5 Å². The third-order valence-electron chi connectivity index (χ3n) is 12.8. The van der Waals surface area contributed by atoms with Crippen LogP contribution in [0.1, 0.15) is 90.9 Å². The second kappa shape index (κ2) is 18.0. The van der Waals surface area contributed by atoms with Crippen molar-refractivity contribution in [1.82, 2.24) is 25.3 Å². The standard InChI is InChI=1S/C47H50ClF2N7O6/c1-26-38-35(24-32(49)41(48)40(38)39-29(45(51)60)15-17-34(62-3)42(39)50)63-47(26,27-10-5-4-6-11-27)25-53-28-19-22-57(23-20-28)37(59)14-7-8-21-52-33-13-9-12-30-43(55-56(2)44(30)33)31-16-18-36(58)54-46(31)61/h4-6,9-13,15,17,24,26,28,31,52-53H,7-8,14,16,18-23,25H2,1-3H3,(H2,51,60)(H,54,58,61). The lowest BCUT2D eigenvalue weighted by Crippen LogP contribution is -2.50. The van der Waals surface area contributed by atoms with E-state index in [1.54, 1.807) is 4.68 Å². The van der Waals surface area contributed by atoms with Gasteiger partial charge in [-0.1, -0.05) is 61.0 Å². The number of amides is 4. The number of methoxy groups -OCH3 is 1. The number of para-hydroxylation sites is 1. The summed E-state index contributed by atoms with van der Waals surface area (Å²) in [5.74, 6) is -4.13. The first kappa shape index (κ1) is 43.6. The van der Waals surface area contributed by atoms with Gasteiger partial charge in [-0.2, -0.15) is 5.10 Å². The summed E-state index contributed by atoms with van der Waals surface area (Å²) in [5, 5.41) is 14.8. The minimum absolute atomic E-state index is 0.0174. The predicted octanol–water partition coefficient (Wildman–Crippen LogP) is 7.05. The molecule has 5 N–H and O–H groups in total. The minimum atomic E-state index is -1.09. The van der Waals surface area contributed by atoms with Gasteiger partial charge in [-0.25, -0.2) is 8.78 Å². The van der Waals surface area contributed by atoms with Crippen LogP contribution in [0, 0.1) is 11.6 Å². The van der Waals surface area contributed by atoms with E-state index in [0.29, 0.717) is 69.5 Å². The average molecular weight is 882 g/mol. The molecule has 2 saturated heterocycles. The number of piperidine rings is 2. The van der Waals surface area contributed by atoms with E-state index in [1.165, 1.54) is 25.3 Å². The zero-order valence-corrected chi connectivity index (χ0v) is 36.1. The molecule has 0 aliphatic carbocycles. The number of aryl methyl sites for hydroxylation is 1. The lowest BCUT2D eigenvalue weighted by atomic mass is 9.77. The Hall–Kier alpha value is -6.06. The number of fused-ring (bicyclic) bond motifs is 2. The molecule has 4 aromatic carbocycles. The molecule has 63 heavy (non-hydrogen) atoms. The van der Waals surface area contributed by atoms with Crippen molar-refractivity contribution >= 4 is 51.8 Å². The van der Waals surface area contributed by atoms with Crippen molar-refractivity contribution in [2.45, 2.75) is 75.3 Å². The molecule has 330 valence electrons. The van der Waals surface area contributed by atoms with Crippen LogP contribution in [0.15, 0.2) is 66.7 Å². The van der Waals surface area contributed by atoms with Gasteiger partial charge in [-0.3, -0.25) is 29.2 Å². The van der Waals surface area contributed by atoms with E-state index in [0.717, 1.165) is 28.6 Å². The minimum Gasteiger partial charge on any atom is -0.494 e. The van der Waals surface area contributed by atoms with Crippen molar-refractivity contribution in [3.05, 3.63) is 106 Å². The zero-order valence-electron chi connectivity index (χ0n) is 35.4. The maximum atomic E-state index is 16.2. The number of ether oxygens (including phenoxy) is 2. The number of halogens is 3. The average Bonchev–Trinajstić information content (AvgIpc) is 3.76. The summed E-state index contributed by atoms with van der Waals surface area (Å²) in [6.07, 6.45) is 4.01. The van der Waals surface area contributed by atoms with Crippen LogP contribution in [-0.2, 0) is 27.0 Å². The highest BCUT2D eigenvalue weighted by Gasteiger charge is 2.50. The number of nitrogens with one attached hydrogen (secondary N) is 3. The molecule has 8 rings (SSSR count). The van der Waals surface area contributed by atoms with Crippen LogP contribution in [0.2, 0.25) is 5.02 Å². The van der Waals surface area contributed by atoms with E-state index < -0.39 is 35.0 Å². The first-order chi connectivity index (χ1) is 30.3. The second-order valence-electron chi connectivity index (χ2n) is 16.5. The van der Waals surface area contributed by atoms with Gasteiger partial charge in [-0.05, 0) is 55.9 Å². The molecule has 0 saturated carbocycles. The summed E-state index contributed by atoms with van der Waals surface area (Å²) in [7, 11) is 3.13. The third-order valence-corrected chi connectivity index (χ3v) is 13.2. The normalized spacial score (nSPS) is 20.1. The molecular formula is C47H50ClF2N7O6. The van der Waals surface area contributed by atoms with Crippen LogP contribution >= 0.6 is 11.6 Å². The highest BCUT2D eigenvalue weighted by atomic mass is 35.5. The maximum Gasteiger partial charge on any atom is 0.249 e. The molecular weight excluding hydrogens is 832 g/mol. The van der Waals surface area contributed by atoms with Crippen molar-refractivity contribution < 1.29 is 37.4 Å². The van der Waals surface area contributed by atoms with E-state index in [9.17, 15) is 19.2 Å². The summed E-state index contributed by atoms with van der Waals surface area (Å²) in [5.41, 5.74) is 7.85. The highest BCUT2D eigenvalue weighted by Crippen LogP contribution is 2.56. The van der Waals surface area contributed by atoms with E-state index in [2.05, 4.69) is 21.0 Å². The number of carbonyl (C=O) groups excluding carboxylic acids is 4. The Kier molecular flexibility index (Phi) is 12.4. The molecule has 3 unspecified atom stereocenters. The Bertz CT molecular complexity index is 2600. The Morgan fingerprint density at radius 3 is 2.51 bits per heavy atom. The molecule has 1 aromatic heterocycles. The smallest absolute Gasteiger partial charge is 0.249 e. The number of aromatic nitrogens is 2. The Morgan fingerprint density at radius 2 is 1.79 bits per heavy atom. The molecule has 3 aliphatic heterocycles. The lowest BCUT2D eigenvalue weighted by Gasteiger charge is -2.38. The topological polar surface area (TPSA) is 170 Å². The molecule has 0 spiro atoms. The third kappa shape index (κ3) is 8.19. The van der Waals surface area contributed by atoms with Crippen molar-refractivity contribution in [3.63, 3.8) is 0 Å².